The van der Waals surface area contributed by atoms with Gasteiger partial charge in [-0.25, -0.2) is 0 Å². The first kappa shape index (κ1) is 13.5. The fourth-order valence-corrected chi connectivity index (χ4v) is 1.24. The van der Waals surface area contributed by atoms with E-state index < -0.39 is 11.9 Å². The summed E-state index contributed by atoms with van der Waals surface area (Å²) >= 11 is 0. The van der Waals surface area contributed by atoms with Crippen molar-refractivity contribution in [2.24, 2.45) is 5.73 Å². The summed E-state index contributed by atoms with van der Waals surface area (Å²) < 4.78 is 0. The van der Waals surface area contributed by atoms with E-state index in [-0.39, 0.29) is 18.3 Å². The predicted octanol–water partition coefficient (Wildman–Crippen LogP) is -0.858. The van der Waals surface area contributed by atoms with E-state index in [4.69, 9.17) is 16.2 Å². The third kappa shape index (κ3) is 4.12. The van der Waals surface area contributed by atoms with Crippen LogP contribution in [0.2, 0.25) is 0 Å². The summed E-state index contributed by atoms with van der Waals surface area (Å²) in [5, 5.41) is 20.7. The maximum absolute atomic E-state index is 11.4. The molecular formula is C11H13N4O3. The standard InChI is InChI=1S/C11H13N4O3/c12-11(13)14-5-10(18)15-9(6-16)7-1-3-8(17)4-2-7/h1-4,9,17H,5H2,(H,15,18)(H4,12,13,14). The van der Waals surface area contributed by atoms with Crippen LogP contribution >= 0.6 is 0 Å². The lowest BCUT2D eigenvalue weighted by Gasteiger charge is -2.12. The summed E-state index contributed by atoms with van der Waals surface area (Å²) in [6.45, 7) is -0.203. The lowest BCUT2D eigenvalue weighted by Crippen LogP contribution is -2.41. The third-order valence-corrected chi connectivity index (χ3v) is 2.09. The van der Waals surface area contributed by atoms with Gasteiger partial charge in [-0.15, -0.1) is 0 Å². The highest BCUT2D eigenvalue weighted by atomic mass is 16.3. The van der Waals surface area contributed by atoms with Crippen molar-refractivity contribution in [3.63, 3.8) is 0 Å². The quantitative estimate of drug-likeness (QED) is 0.342. The molecule has 0 saturated carbocycles. The molecule has 0 spiro atoms. The first-order valence-electron chi connectivity index (χ1n) is 5.07. The second-order valence-corrected chi connectivity index (χ2v) is 3.48. The third-order valence-electron chi connectivity index (χ3n) is 2.09. The number of nitrogens with one attached hydrogen (secondary N) is 3. The molecule has 0 fully saturated rings. The molecule has 0 saturated heterocycles. The van der Waals surface area contributed by atoms with Crippen molar-refractivity contribution < 1.29 is 14.7 Å². The number of benzene rings is 1. The Morgan fingerprint density at radius 3 is 2.56 bits per heavy atom. The van der Waals surface area contributed by atoms with Crippen molar-refractivity contribution >= 4 is 18.2 Å². The number of phenols is 1. The number of rotatable bonds is 5. The number of carbonyl (C=O) groups is 1. The molecule has 18 heavy (non-hydrogen) atoms. The summed E-state index contributed by atoms with van der Waals surface area (Å²) in [4.78, 5) is 22.2. The number of hydrogen-bond donors (Lipinski definition) is 5. The molecule has 6 N–H and O–H groups in total. The fraction of sp³-hybridized carbons (Fsp3) is 0.182. The number of hydrogen-bond acceptors (Lipinski definition) is 4. The van der Waals surface area contributed by atoms with Gasteiger partial charge in [-0.2, -0.15) is 0 Å². The van der Waals surface area contributed by atoms with Gasteiger partial charge < -0.3 is 21.5 Å². The highest BCUT2D eigenvalue weighted by Gasteiger charge is 2.14. The minimum absolute atomic E-state index is 0.0629. The second kappa shape index (κ2) is 6.24. The first-order valence-corrected chi connectivity index (χ1v) is 5.07. The van der Waals surface area contributed by atoms with Crippen LogP contribution in [-0.4, -0.2) is 29.8 Å². The van der Waals surface area contributed by atoms with Crippen molar-refractivity contribution in [1.82, 2.24) is 10.6 Å². The monoisotopic (exact) mass is 249 g/mol. The Morgan fingerprint density at radius 1 is 1.44 bits per heavy atom. The molecule has 1 radical (unpaired) electrons. The molecule has 1 aromatic rings. The Bertz CT molecular complexity index is 444. The van der Waals surface area contributed by atoms with Crippen LogP contribution in [0.15, 0.2) is 24.3 Å². The van der Waals surface area contributed by atoms with E-state index in [2.05, 4.69) is 10.6 Å². The maximum atomic E-state index is 11.4. The summed E-state index contributed by atoms with van der Waals surface area (Å²) in [5.41, 5.74) is 5.52. The topological polar surface area (TPSA) is 128 Å². The van der Waals surface area contributed by atoms with Crippen LogP contribution in [-0.2, 0) is 9.59 Å². The Balaban J connectivity index is 2.61. The Labute approximate surface area is 103 Å². The molecule has 0 heterocycles. The number of guanidine groups is 1. The van der Waals surface area contributed by atoms with Crippen LogP contribution in [0.4, 0.5) is 0 Å². The average Bonchev–Trinajstić information content (AvgIpc) is 2.34. The summed E-state index contributed by atoms with van der Waals surface area (Å²) in [5.74, 6) is -0.763. The van der Waals surface area contributed by atoms with Crippen LogP contribution in [0.3, 0.4) is 0 Å². The molecule has 0 aliphatic heterocycles. The van der Waals surface area contributed by atoms with Gasteiger partial charge in [-0.05, 0) is 17.7 Å². The SMILES string of the molecule is N=C(N)NCC(=O)NC([C]=O)c1ccc(O)cc1. The summed E-state index contributed by atoms with van der Waals surface area (Å²) in [7, 11) is 0. The van der Waals surface area contributed by atoms with Crippen molar-refractivity contribution in [3.8, 4) is 5.75 Å². The largest absolute Gasteiger partial charge is 0.508 e. The molecule has 7 nitrogen and oxygen atoms in total. The smallest absolute Gasteiger partial charge is 0.240 e. The lowest BCUT2D eigenvalue weighted by atomic mass is 10.1. The van der Waals surface area contributed by atoms with E-state index in [0.29, 0.717) is 5.56 Å². The molecule has 95 valence electrons. The van der Waals surface area contributed by atoms with Gasteiger partial charge in [0.15, 0.2) is 5.96 Å². The first-order chi connectivity index (χ1) is 8.52. The summed E-state index contributed by atoms with van der Waals surface area (Å²) in [6.07, 6.45) is 1.68. The molecule has 0 aliphatic carbocycles. The number of carbonyl (C=O) groups excluding carboxylic acids is 2. The minimum Gasteiger partial charge on any atom is -0.508 e. The van der Waals surface area contributed by atoms with Gasteiger partial charge in [-0.3, -0.25) is 15.0 Å². The molecule has 0 bridgehead atoms. The van der Waals surface area contributed by atoms with Gasteiger partial charge in [0.25, 0.3) is 0 Å². The van der Waals surface area contributed by atoms with E-state index in [1.54, 1.807) is 6.29 Å². The zero-order valence-electron chi connectivity index (χ0n) is 9.43. The van der Waals surface area contributed by atoms with Gasteiger partial charge in [0.1, 0.15) is 11.8 Å². The fourth-order valence-electron chi connectivity index (χ4n) is 1.24. The van der Waals surface area contributed by atoms with Gasteiger partial charge in [0.2, 0.25) is 12.2 Å². The van der Waals surface area contributed by atoms with E-state index in [0.717, 1.165) is 0 Å². The summed E-state index contributed by atoms with van der Waals surface area (Å²) in [6, 6.07) is 4.89. The number of nitrogens with two attached hydrogens (primary N) is 1. The van der Waals surface area contributed by atoms with E-state index >= 15 is 0 Å². The van der Waals surface area contributed by atoms with Gasteiger partial charge in [0, 0.05) is 0 Å². The molecule has 1 aromatic carbocycles. The van der Waals surface area contributed by atoms with E-state index in [1.807, 2.05) is 0 Å². The van der Waals surface area contributed by atoms with E-state index in [1.165, 1.54) is 24.3 Å². The zero-order valence-corrected chi connectivity index (χ0v) is 9.43. The van der Waals surface area contributed by atoms with Crippen molar-refractivity contribution in [3.05, 3.63) is 29.8 Å². The highest BCUT2D eigenvalue weighted by Crippen LogP contribution is 2.15. The van der Waals surface area contributed by atoms with Crippen LogP contribution in [0.25, 0.3) is 0 Å². The Hall–Kier alpha value is -2.57. The van der Waals surface area contributed by atoms with Crippen LogP contribution < -0.4 is 16.4 Å². The normalized spacial score (nSPS) is 11.3. The molecule has 1 atom stereocenters. The number of aromatic hydroxyl groups is 1. The highest BCUT2D eigenvalue weighted by molar-refractivity contribution is 5.86. The minimum atomic E-state index is -0.924. The molecule has 1 rings (SSSR count). The van der Waals surface area contributed by atoms with Crippen LogP contribution in [0, 0.1) is 5.41 Å². The number of amides is 1. The van der Waals surface area contributed by atoms with E-state index in [9.17, 15) is 9.59 Å². The van der Waals surface area contributed by atoms with Crippen molar-refractivity contribution in [1.29, 1.82) is 5.41 Å². The molecule has 1 amide bonds. The molecule has 0 aliphatic rings. The maximum Gasteiger partial charge on any atom is 0.240 e. The lowest BCUT2D eigenvalue weighted by molar-refractivity contribution is -0.120. The second-order valence-electron chi connectivity index (χ2n) is 3.48. The molecular weight excluding hydrogens is 236 g/mol. The van der Waals surface area contributed by atoms with Crippen molar-refractivity contribution in [2.45, 2.75) is 6.04 Å². The number of phenolic OH excluding ortho intramolecular Hbond substituents is 1. The van der Waals surface area contributed by atoms with Crippen LogP contribution in [0.5, 0.6) is 5.75 Å². The Kier molecular flexibility index (Phi) is 4.67. The average molecular weight is 249 g/mol. The Morgan fingerprint density at radius 2 is 2.06 bits per heavy atom. The van der Waals surface area contributed by atoms with Gasteiger partial charge >= 0.3 is 0 Å². The van der Waals surface area contributed by atoms with Crippen LogP contribution in [0.1, 0.15) is 11.6 Å². The molecule has 1 unspecified atom stereocenters. The zero-order chi connectivity index (χ0) is 13.5. The molecule has 7 heteroatoms. The van der Waals surface area contributed by atoms with Crippen molar-refractivity contribution in [2.75, 3.05) is 6.54 Å². The predicted molar refractivity (Wildman–Crippen MR) is 64.6 cm³/mol. The molecule has 0 aromatic heterocycles. The van der Waals surface area contributed by atoms with Gasteiger partial charge in [-0.1, -0.05) is 12.1 Å². The van der Waals surface area contributed by atoms with Gasteiger partial charge in [0.05, 0.1) is 6.54 Å².